The normalized spacial score (nSPS) is 29.2. The van der Waals surface area contributed by atoms with Crippen molar-refractivity contribution in [2.75, 3.05) is 39.6 Å². The van der Waals surface area contributed by atoms with Gasteiger partial charge in [0.05, 0.1) is 35.8 Å². The zero-order valence-corrected chi connectivity index (χ0v) is 29.2. The van der Waals surface area contributed by atoms with Crippen LogP contribution in [0.4, 0.5) is 0 Å². The Labute approximate surface area is 277 Å². The van der Waals surface area contributed by atoms with Crippen LogP contribution < -0.4 is 4.72 Å². The fraction of sp³-hybridized carbons (Fsp3) is 0.576. The number of nitrogens with zero attached hydrogens (tertiary/aromatic N) is 2. The van der Waals surface area contributed by atoms with Crippen LogP contribution in [-0.2, 0) is 46.2 Å². The van der Waals surface area contributed by atoms with Gasteiger partial charge in [-0.05, 0) is 93.7 Å². The summed E-state index contributed by atoms with van der Waals surface area (Å²) >= 11 is 6.41. The number of halogens is 1. The van der Waals surface area contributed by atoms with Crippen LogP contribution in [0.5, 0.6) is 0 Å². The number of sulfonamides is 2. The number of nitrogens with one attached hydrogen (secondary N) is 1. The van der Waals surface area contributed by atoms with E-state index in [4.69, 9.17) is 21.1 Å². The van der Waals surface area contributed by atoms with E-state index in [0.717, 1.165) is 37.9 Å². The summed E-state index contributed by atoms with van der Waals surface area (Å²) in [5.41, 5.74) is 5.00. The molecule has 6 rings (SSSR count). The molecular formula is C33H42ClN3O7S2. The summed E-state index contributed by atoms with van der Waals surface area (Å²) in [6, 6.07) is 6.06. The van der Waals surface area contributed by atoms with Crippen molar-refractivity contribution >= 4 is 37.6 Å². The maximum atomic E-state index is 13.6. The third kappa shape index (κ3) is 6.27. The Morgan fingerprint density at radius 1 is 1.17 bits per heavy atom. The largest absolute Gasteiger partial charge is 0.495 e. The molecule has 10 nitrogen and oxygen atoms in total. The molecule has 2 bridgehead atoms. The topological polar surface area (TPSA) is 122 Å². The molecule has 250 valence electrons. The summed E-state index contributed by atoms with van der Waals surface area (Å²) in [6.07, 6.45) is 9.42. The quantitative estimate of drug-likeness (QED) is 0.455. The number of fused-ring (bicyclic) bond motifs is 3. The van der Waals surface area contributed by atoms with Gasteiger partial charge in [-0.3, -0.25) is 9.10 Å². The van der Waals surface area contributed by atoms with Gasteiger partial charge >= 0.3 is 0 Å². The summed E-state index contributed by atoms with van der Waals surface area (Å²) in [5, 5.41) is 0.695. The number of rotatable bonds is 2. The molecule has 0 aromatic heterocycles. The summed E-state index contributed by atoms with van der Waals surface area (Å²) in [5.74, 6) is -0.0846. The molecule has 3 aliphatic carbocycles. The highest BCUT2D eigenvalue weighted by Crippen LogP contribution is 2.47. The second kappa shape index (κ2) is 12.0. The van der Waals surface area contributed by atoms with Gasteiger partial charge in [0.25, 0.3) is 15.9 Å². The standard InChI is InChI=1S/C33H42ClN3O7S2/c1-32(2)31(38)35-46(41,42)25-11-14-30-29(18-25)37(20-33(21-43-30)15-5-7-22-17-24(34)10-13-27(22)33)19-23-9-12-26(23)28(8-6-16-44-32)36(3)45(4,39)40/h6,10,13,17-18,23,26H,5,7,9,11-12,14-16,19-21H2,1-4H3,(H,35,38)/t8?,23-,26+,33-/m0/s1. The molecule has 1 saturated carbocycles. The first-order chi connectivity index (χ1) is 21.6. The number of aryl methyl sites for hydroxylation is 1. The zero-order valence-electron chi connectivity index (χ0n) is 26.8. The Bertz CT molecular complexity index is 1790. The van der Waals surface area contributed by atoms with Gasteiger partial charge in [0.2, 0.25) is 10.0 Å². The Balaban J connectivity index is 1.47. The second-order valence-corrected chi connectivity index (χ2v) is 17.9. The van der Waals surface area contributed by atoms with Gasteiger partial charge in [-0.25, -0.2) is 21.6 Å². The highest BCUT2D eigenvalue weighted by Gasteiger charge is 2.46. The molecule has 2 aliphatic heterocycles. The Kier molecular flexibility index (Phi) is 8.68. The molecule has 0 radical (unpaired) electrons. The van der Waals surface area contributed by atoms with Gasteiger partial charge in [0.1, 0.15) is 11.4 Å². The molecule has 5 aliphatic rings. The fourth-order valence-corrected chi connectivity index (χ4v) is 9.34. The maximum Gasteiger partial charge on any atom is 0.265 e. The first kappa shape index (κ1) is 33.2. The summed E-state index contributed by atoms with van der Waals surface area (Å²) < 4.78 is 68.6. The van der Waals surface area contributed by atoms with Crippen LogP contribution in [0.25, 0.3) is 0 Å². The van der Waals surface area contributed by atoms with Crippen molar-refractivity contribution in [3.8, 4) is 0 Å². The van der Waals surface area contributed by atoms with Crippen molar-refractivity contribution < 1.29 is 31.1 Å². The molecule has 0 unspecified atom stereocenters. The van der Waals surface area contributed by atoms with Gasteiger partial charge in [0.15, 0.2) is 0 Å². The number of amides is 1. The number of allylic oxidation sites excluding steroid dienone is 3. The number of benzene rings is 1. The van der Waals surface area contributed by atoms with Gasteiger partial charge in [0, 0.05) is 42.9 Å². The minimum absolute atomic E-state index is 0.0622. The SMILES string of the molecule is CN(C1=C=CCOC(C)(C)C(=O)NS(=O)(=O)C2=CC3=C(CC2)OC[C@]2(CCCc4cc(Cl)ccc42)CN3C[C@@H]2CC[C@@H]12)S(C)(=O)=O. The monoisotopic (exact) mass is 691 g/mol. The average molecular weight is 692 g/mol. The molecule has 3 atom stereocenters. The minimum atomic E-state index is -4.17. The molecule has 1 amide bonds. The lowest BCUT2D eigenvalue weighted by molar-refractivity contribution is -0.139. The fourth-order valence-electron chi connectivity index (χ4n) is 7.35. The second-order valence-electron chi connectivity index (χ2n) is 13.7. The van der Waals surface area contributed by atoms with Crippen molar-refractivity contribution in [3.63, 3.8) is 0 Å². The molecule has 1 N–H and O–H groups in total. The van der Waals surface area contributed by atoms with Crippen LogP contribution in [0.15, 0.2) is 58.1 Å². The lowest BCUT2D eigenvalue weighted by Crippen LogP contribution is -2.48. The zero-order chi connectivity index (χ0) is 33.1. The first-order valence-electron chi connectivity index (χ1n) is 15.8. The smallest absolute Gasteiger partial charge is 0.265 e. The first-order valence-corrected chi connectivity index (χ1v) is 19.5. The van der Waals surface area contributed by atoms with Gasteiger partial charge in [-0.1, -0.05) is 17.7 Å². The van der Waals surface area contributed by atoms with E-state index in [1.54, 1.807) is 12.2 Å². The van der Waals surface area contributed by atoms with E-state index in [0.29, 0.717) is 42.5 Å². The molecule has 1 aromatic rings. The number of hydrogen-bond acceptors (Lipinski definition) is 8. The van der Waals surface area contributed by atoms with E-state index in [1.165, 1.54) is 42.6 Å². The molecule has 1 aromatic carbocycles. The maximum absolute atomic E-state index is 13.6. The highest BCUT2D eigenvalue weighted by atomic mass is 35.5. The molecule has 13 heteroatoms. The van der Waals surface area contributed by atoms with Crippen LogP contribution >= 0.6 is 11.6 Å². The van der Waals surface area contributed by atoms with Gasteiger partial charge in [-0.2, -0.15) is 0 Å². The van der Waals surface area contributed by atoms with Crippen molar-refractivity contribution in [3.05, 3.63) is 74.3 Å². The number of carbonyl (C=O) groups excluding carboxylic acids is 1. The van der Waals surface area contributed by atoms with Crippen LogP contribution in [0.2, 0.25) is 5.02 Å². The summed E-state index contributed by atoms with van der Waals surface area (Å²) in [7, 11) is -6.20. The predicted octanol–water partition coefficient (Wildman–Crippen LogP) is 4.35. The van der Waals surface area contributed by atoms with E-state index in [1.807, 2.05) is 12.1 Å². The summed E-state index contributed by atoms with van der Waals surface area (Å²) in [6.45, 7) is 4.55. The lowest BCUT2D eigenvalue weighted by Gasteiger charge is -2.46. The van der Waals surface area contributed by atoms with E-state index in [2.05, 4.69) is 21.4 Å². The van der Waals surface area contributed by atoms with Crippen LogP contribution in [0.1, 0.15) is 63.5 Å². The average Bonchev–Trinajstić information content (AvgIpc) is 3.12. The van der Waals surface area contributed by atoms with Crippen molar-refractivity contribution in [1.29, 1.82) is 0 Å². The predicted molar refractivity (Wildman–Crippen MR) is 175 cm³/mol. The lowest BCUT2D eigenvalue weighted by atomic mass is 9.69. The number of ether oxygens (including phenoxy) is 2. The highest BCUT2D eigenvalue weighted by molar-refractivity contribution is 7.93. The van der Waals surface area contributed by atoms with Gasteiger partial charge < -0.3 is 14.4 Å². The van der Waals surface area contributed by atoms with Crippen molar-refractivity contribution in [1.82, 2.24) is 13.9 Å². The van der Waals surface area contributed by atoms with E-state index in [-0.39, 0.29) is 35.2 Å². The third-order valence-corrected chi connectivity index (χ3v) is 13.1. The molecule has 1 spiro atoms. The Morgan fingerprint density at radius 3 is 2.67 bits per heavy atom. The van der Waals surface area contributed by atoms with E-state index < -0.39 is 31.6 Å². The Morgan fingerprint density at radius 2 is 1.96 bits per heavy atom. The minimum Gasteiger partial charge on any atom is -0.495 e. The molecule has 1 fully saturated rings. The van der Waals surface area contributed by atoms with E-state index in [9.17, 15) is 21.6 Å². The Hall–Kier alpha value is -2.76. The number of carbonyl (C=O) groups is 1. The number of hydrogen-bond donors (Lipinski definition) is 1. The molecule has 46 heavy (non-hydrogen) atoms. The third-order valence-electron chi connectivity index (χ3n) is 10.2. The van der Waals surface area contributed by atoms with Crippen LogP contribution in [0.3, 0.4) is 0 Å². The van der Waals surface area contributed by atoms with Gasteiger partial charge in [-0.15, -0.1) is 5.73 Å². The van der Waals surface area contributed by atoms with E-state index >= 15 is 0 Å². The molecular weight excluding hydrogens is 650 g/mol. The van der Waals surface area contributed by atoms with Crippen LogP contribution in [-0.4, -0.2) is 77.2 Å². The van der Waals surface area contributed by atoms with Crippen molar-refractivity contribution in [2.24, 2.45) is 11.8 Å². The van der Waals surface area contributed by atoms with Crippen LogP contribution in [0, 0.1) is 11.8 Å². The van der Waals surface area contributed by atoms with Crippen molar-refractivity contribution in [2.45, 2.75) is 69.8 Å². The molecule has 2 heterocycles. The molecule has 0 saturated heterocycles. The summed E-state index contributed by atoms with van der Waals surface area (Å²) in [4.78, 5) is 15.5.